The van der Waals surface area contributed by atoms with Crippen LogP contribution in [0.2, 0.25) is 0 Å². The van der Waals surface area contributed by atoms with Gasteiger partial charge in [0.2, 0.25) is 0 Å². The Balaban J connectivity index is 1.85. The molecule has 27 heavy (non-hydrogen) atoms. The lowest BCUT2D eigenvalue weighted by atomic mass is 10.2. The Morgan fingerprint density at radius 1 is 1.15 bits per heavy atom. The molecule has 0 saturated carbocycles. The van der Waals surface area contributed by atoms with Gasteiger partial charge in [0.15, 0.2) is 0 Å². The standard InChI is InChI=1S/C21H16FN5/c1-14(25-18-9-10-24-13-15(18)12-23)21-26-19-8-7-16(22)11-20(19)27(21)17-5-3-2-4-6-17/h2-11,13-14H,1H3,(H,24,25)/t14-/m0/s1. The molecule has 0 amide bonds. The predicted octanol–water partition coefficient (Wildman–Crippen LogP) is 4.60. The SMILES string of the molecule is C[C@H](Nc1ccncc1C#N)c1nc2ccc(F)cc2n1-c1ccccc1. The summed E-state index contributed by atoms with van der Waals surface area (Å²) >= 11 is 0. The highest BCUT2D eigenvalue weighted by atomic mass is 19.1. The first-order chi connectivity index (χ1) is 13.2. The fraction of sp³-hybridized carbons (Fsp3) is 0.0952. The highest BCUT2D eigenvalue weighted by Gasteiger charge is 2.19. The summed E-state index contributed by atoms with van der Waals surface area (Å²) in [6.07, 6.45) is 3.15. The number of hydrogen-bond donors (Lipinski definition) is 1. The van der Waals surface area contributed by atoms with E-state index in [1.807, 2.05) is 41.8 Å². The fourth-order valence-corrected chi connectivity index (χ4v) is 3.11. The Morgan fingerprint density at radius 3 is 2.74 bits per heavy atom. The lowest BCUT2D eigenvalue weighted by molar-refractivity contribution is 0.629. The van der Waals surface area contributed by atoms with Crippen molar-refractivity contribution in [2.24, 2.45) is 0 Å². The molecule has 1 N–H and O–H groups in total. The van der Waals surface area contributed by atoms with Gasteiger partial charge in [-0.15, -0.1) is 0 Å². The summed E-state index contributed by atoms with van der Waals surface area (Å²) in [5.74, 6) is 0.412. The zero-order chi connectivity index (χ0) is 18.8. The van der Waals surface area contributed by atoms with Crippen molar-refractivity contribution in [1.29, 1.82) is 5.26 Å². The lowest BCUT2D eigenvalue weighted by Crippen LogP contribution is -2.13. The number of nitrogens with zero attached hydrogens (tertiary/aromatic N) is 4. The van der Waals surface area contributed by atoms with Gasteiger partial charge in [-0.1, -0.05) is 18.2 Å². The Morgan fingerprint density at radius 2 is 1.96 bits per heavy atom. The third-order valence-electron chi connectivity index (χ3n) is 4.36. The average Bonchev–Trinajstić information content (AvgIpc) is 3.08. The second-order valence-electron chi connectivity index (χ2n) is 6.17. The number of halogens is 1. The largest absolute Gasteiger partial charge is 0.374 e. The Kier molecular flexibility index (Phi) is 4.27. The number of rotatable bonds is 4. The van der Waals surface area contributed by atoms with E-state index in [4.69, 9.17) is 4.98 Å². The van der Waals surface area contributed by atoms with E-state index in [9.17, 15) is 9.65 Å². The average molecular weight is 357 g/mol. The van der Waals surface area contributed by atoms with Crippen molar-refractivity contribution in [2.45, 2.75) is 13.0 Å². The van der Waals surface area contributed by atoms with Gasteiger partial charge in [0.25, 0.3) is 0 Å². The van der Waals surface area contributed by atoms with Crippen molar-refractivity contribution < 1.29 is 4.39 Å². The quantitative estimate of drug-likeness (QED) is 0.579. The molecular weight excluding hydrogens is 341 g/mol. The number of nitriles is 1. The van der Waals surface area contributed by atoms with Crippen molar-refractivity contribution in [2.75, 3.05) is 5.32 Å². The molecule has 4 rings (SSSR count). The van der Waals surface area contributed by atoms with E-state index in [0.29, 0.717) is 22.3 Å². The van der Waals surface area contributed by atoms with Gasteiger partial charge < -0.3 is 5.32 Å². The van der Waals surface area contributed by atoms with Crippen LogP contribution in [-0.2, 0) is 0 Å². The molecule has 2 heterocycles. The smallest absolute Gasteiger partial charge is 0.136 e. The van der Waals surface area contributed by atoms with Crippen LogP contribution >= 0.6 is 0 Å². The zero-order valence-corrected chi connectivity index (χ0v) is 14.6. The molecule has 4 aromatic rings. The number of fused-ring (bicyclic) bond motifs is 1. The summed E-state index contributed by atoms with van der Waals surface area (Å²) in [5.41, 5.74) is 3.43. The molecule has 0 saturated heterocycles. The van der Waals surface area contributed by atoms with E-state index in [1.165, 1.54) is 18.3 Å². The highest BCUT2D eigenvalue weighted by molar-refractivity contribution is 5.78. The van der Waals surface area contributed by atoms with Gasteiger partial charge in [-0.25, -0.2) is 9.37 Å². The van der Waals surface area contributed by atoms with E-state index in [-0.39, 0.29) is 11.9 Å². The molecule has 132 valence electrons. The minimum absolute atomic E-state index is 0.227. The number of aromatic nitrogens is 3. The van der Waals surface area contributed by atoms with Crippen LogP contribution in [0.1, 0.15) is 24.4 Å². The van der Waals surface area contributed by atoms with Crippen molar-refractivity contribution in [3.05, 3.63) is 84.2 Å². The van der Waals surface area contributed by atoms with Crippen LogP contribution in [0.25, 0.3) is 16.7 Å². The number of benzene rings is 2. The van der Waals surface area contributed by atoms with E-state index >= 15 is 0 Å². The molecule has 2 aromatic heterocycles. The summed E-state index contributed by atoms with van der Waals surface area (Å²) in [7, 11) is 0. The summed E-state index contributed by atoms with van der Waals surface area (Å²) in [6, 6.07) is 17.9. The van der Waals surface area contributed by atoms with E-state index in [1.54, 1.807) is 18.3 Å². The van der Waals surface area contributed by atoms with Gasteiger partial charge in [-0.3, -0.25) is 9.55 Å². The molecule has 0 spiro atoms. The van der Waals surface area contributed by atoms with E-state index in [0.717, 1.165) is 11.5 Å². The summed E-state index contributed by atoms with van der Waals surface area (Å²) < 4.78 is 15.8. The number of pyridine rings is 1. The first-order valence-corrected chi connectivity index (χ1v) is 8.51. The molecule has 1 atom stereocenters. The van der Waals surface area contributed by atoms with Crippen molar-refractivity contribution in [1.82, 2.24) is 14.5 Å². The Hall–Kier alpha value is -3.72. The summed E-state index contributed by atoms with van der Waals surface area (Å²) in [5, 5.41) is 12.6. The van der Waals surface area contributed by atoms with Crippen LogP contribution in [0.3, 0.4) is 0 Å². The molecule has 0 aliphatic heterocycles. The highest BCUT2D eigenvalue weighted by Crippen LogP contribution is 2.28. The van der Waals surface area contributed by atoms with Gasteiger partial charge in [-0.2, -0.15) is 5.26 Å². The normalized spacial score (nSPS) is 11.9. The first kappa shape index (κ1) is 16.7. The van der Waals surface area contributed by atoms with Crippen molar-refractivity contribution in [3.63, 3.8) is 0 Å². The van der Waals surface area contributed by atoms with Crippen LogP contribution in [0, 0.1) is 17.1 Å². The number of imidazole rings is 1. The van der Waals surface area contributed by atoms with Gasteiger partial charge in [0.1, 0.15) is 17.7 Å². The van der Waals surface area contributed by atoms with Crippen LogP contribution in [0.4, 0.5) is 10.1 Å². The number of anilines is 1. The Bertz CT molecular complexity index is 1140. The summed E-state index contributed by atoms with van der Waals surface area (Å²) in [6.45, 7) is 1.96. The van der Waals surface area contributed by atoms with Crippen LogP contribution in [-0.4, -0.2) is 14.5 Å². The molecule has 2 aromatic carbocycles. The summed E-state index contributed by atoms with van der Waals surface area (Å²) in [4.78, 5) is 8.70. The van der Waals surface area contributed by atoms with E-state index in [2.05, 4.69) is 16.4 Å². The third-order valence-corrected chi connectivity index (χ3v) is 4.36. The van der Waals surface area contributed by atoms with Gasteiger partial charge >= 0.3 is 0 Å². The van der Waals surface area contributed by atoms with Crippen molar-refractivity contribution >= 4 is 16.7 Å². The number of para-hydroxylation sites is 1. The molecule has 0 aliphatic carbocycles. The minimum Gasteiger partial charge on any atom is -0.374 e. The molecule has 0 unspecified atom stereocenters. The first-order valence-electron chi connectivity index (χ1n) is 8.51. The fourth-order valence-electron chi connectivity index (χ4n) is 3.11. The van der Waals surface area contributed by atoms with E-state index < -0.39 is 0 Å². The maximum atomic E-state index is 13.9. The van der Waals surface area contributed by atoms with Crippen LogP contribution in [0.5, 0.6) is 0 Å². The predicted molar refractivity (Wildman–Crippen MR) is 102 cm³/mol. The van der Waals surface area contributed by atoms with Crippen LogP contribution in [0.15, 0.2) is 67.0 Å². The van der Waals surface area contributed by atoms with Gasteiger partial charge in [-0.05, 0) is 37.3 Å². The Labute approximate surface area is 155 Å². The molecule has 0 fully saturated rings. The van der Waals surface area contributed by atoms with Gasteiger partial charge in [0, 0.05) is 24.1 Å². The van der Waals surface area contributed by atoms with Gasteiger partial charge in [0.05, 0.1) is 28.3 Å². The maximum Gasteiger partial charge on any atom is 0.136 e. The van der Waals surface area contributed by atoms with Crippen molar-refractivity contribution in [3.8, 4) is 11.8 Å². The second kappa shape index (κ2) is 6.89. The maximum absolute atomic E-state index is 13.9. The second-order valence-corrected chi connectivity index (χ2v) is 6.17. The molecule has 6 heteroatoms. The minimum atomic E-state index is -0.312. The monoisotopic (exact) mass is 357 g/mol. The number of hydrogen-bond acceptors (Lipinski definition) is 4. The molecular formula is C21H16FN5. The third kappa shape index (κ3) is 3.11. The topological polar surface area (TPSA) is 66.5 Å². The zero-order valence-electron chi connectivity index (χ0n) is 14.6. The van der Waals surface area contributed by atoms with Crippen LogP contribution < -0.4 is 5.32 Å². The molecule has 0 radical (unpaired) electrons. The molecule has 0 aliphatic rings. The molecule has 5 nitrogen and oxygen atoms in total. The lowest BCUT2D eigenvalue weighted by Gasteiger charge is -2.18. The number of nitrogens with one attached hydrogen (secondary N) is 1. The molecule has 0 bridgehead atoms.